The van der Waals surface area contributed by atoms with Gasteiger partial charge in [-0.3, -0.25) is 0 Å². The Bertz CT molecular complexity index is 1100. The molecule has 1 aromatic heterocycles. The first-order valence-corrected chi connectivity index (χ1v) is 12.7. The Morgan fingerprint density at radius 1 is 1.09 bits per heavy atom. The monoisotopic (exact) mass is 498 g/mol. The maximum Gasteiger partial charge on any atom is 0.138 e. The quantitative estimate of drug-likeness (QED) is 0.335. The second kappa shape index (κ2) is 11.6. The minimum atomic E-state index is -0.666. The lowest BCUT2D eigenvalue weighted by molar-refractivity contribution is 0.132. The van der Waals surface area contributed by atoms with Crippen molar-refractivity contribution in [2.75, 3.05) is 6.61 Å². The molecule has 0 aliphatic carbocycles. The minimum Gasteiger partial charge on any atom is -0.489 e. The van der Waals surface area contributed by atoms with E-state index in [-0.39, 0.29) is 24.0 Å². The number of nitrogens with zero attached hydrogens (tertiary/aromatic N) is 2. The number of hydrogen-bond acceptors (Lipinski definition) is 4. The maximum absolute atomic E-state index is 10.9. The van der Waals surface area contributed by atoms with Gasteiger partial charge in [0.05, 0.1) is 22.9 Å². The zero-order chi connectivity index (χ0) is 25.8. The van der Waals surface area contributed by atoms with E-state index in [0.29, 0.717) is 23.6 Å². The van der Waals surface area contributed by atoms with E-state index in [9.17, 15) is 10.2 Å². The Balaban J connectivity index is 1.69. The van der Waals surface area contributed by atoms with Crippen LogP contribution >= 0.6 is 11.6 Å². The SMILES string of the molecule is CC(C)Oc1ccc([C@@H](O)C[C@H](CCO)Cc2ccc(-c3cn(C)c(C(C)(C)C)n3)cc2)cc1Cl. The number of benzene rings is 2. The van der Waals surface area contributed by atoms with Crippen LogP contribution in [0.15, 0.2) is 48.7 Å². The van der Waals surface area contributed by atoms with E-state index in [1.54, 1.807) is 6.07 Å². The predicted molar refractivity (Wildman–Crippen MR) is 143 cm³/mol. The molecule has 190 valence electrons. The molecule has 3 aromatic rings. The Hall–Kier alpha value is -2.34. The third-order valence-electron chi connectivity index (χ3n) is 6.12. The lowest BCUT2D eigenvalue weighted by Gasteiger charge is -2.21. The number of aliphatic hydroxyl groups excluding tert-OH is 2. The van der Waals surface area contributed by atoms with Crippen molar-refractivity contribution in [2.24, 2.45) is 13.0 Å². The number of ether oxygens (including phenoxy) is 1. The number of aryl methyl sites for hydroxylation is 1. The van der Waals surface area contributed by atoms with Crippen molar-refractivity contribution in [1.82, 2.24) is 9.55 Å². The molecule has 0 unspecified atom stereocenters. The van der Waals surface area contributed by atoms with Crippen LogP contribution < -0.4 is 4.74 Å². The van der Waals surface area contributed by atoms with Gasteiger partial charge in [0.1, 0.15) is 11.6 Å². The highest BCUT2D eigenvalue weighted by Crippen LogP contribution is 2.32. The summed E-state index contributed by atoms with van der Waals surface area (Å²) >= 11 is 6.36. The third kappa shape index (κ3) is 7.33. The number of rotatable bonds is 10. The van der Waals surface area contributed by atoms with Crippen molar-refractivity contribution in [3.8, 4) is 17.0 Å². The highest BCUT2D eigenvalue weighted by molar-refractivity contribution is 6.32. The number of hydrogen-bond donors (Lipinski definition) is 2. The second-order valence-electron chi connectivity index (χ2n) is 10.7. The van der Waals surface area contributed by atoms with Crippen molar-refractivity contribution in [3.05, 3.63) is 70.6 Å². The molecular formula is C29H39ClN2O3. The average Bonchev–Trinajstić information content (AvgIpc) is 3.17. The molecule has 0 aliphatic rings. The molecule has 0 fully saturated rings. The Morgan fingerprint density at radius 3 is 2.31 bits per heavy atom. The van der Waals surface area contributed by atoms with Crippen molar-refractivity contribution in [1.29, 1.82) is 0 Å². The van der Waals surface area contributed by atoms with Crippen LogP contribution in [0.2, 0.25) is 5.02 Å². The summed E-state index contributed by atoms with van der Waals surface area (Å²) in [6.07, 6.45) is 3.37. The lowest BCUT2D eigenvalue weighted by Crippen LogP contribution is -2.17. The number of aliphatic hydroxyl groups is 2. The molecule has 0 amide bonds. The largest absolute Gasteiger partial charge is 0.489 e. The topological polar surface area (TPSA) is 67.5 Å². The van der Waals surface area contributed by atoms with Crippen LogP contribution in [0.1, 0.15) is 70.5 Å². The molecule has 2 N–H and O–H groups in total. The number of halogens is 1. The molecule has 5 nitrogen and oxygen atoms in total. The van der Waals surface area contributed by atoms with Crippen molar-refractivity contribution < 1.29 is 14.9 Å². The fourth-order valence-electron chi connectivity index (χ4n) is 4.46. The van der Waals surface area contributed by atoms with Gasteiger partial charge >= 0.3 is 0 Å². The number of aromatic nitrogens is 2. The average molecular weight is 499 g/mol. The number of imidazole rings is 1. The zero-order valence-corrected chi connectivity index (χ0v) is 22.5. The molecule has 35 heavy (non-hydrogen) atoms. The molecule has 3 rings (SSSR count). The van der Waals surface area contributed by atoms with Gasteiger partial charge in [0.25, 0.3) is 0 Å². The first-order valence-electron chi connectivity index (χ1n) is 12.4. The van der Waals surface area contributed by atoms with Crippen LogP contribution in [-0.2, 0) is 18.9 Å². The standard InChI is InChI=1S/C29H39ClN2O3/c1-19(2)35-27-12-11-23(17-24(27)30)26(34)16-21(13-14-33)15-20-7-9-22(10-8-20)25-18-32(6)28(31-25)29(3,4)5/h7-12,17-19,21,26,33-34H,13-16H2,1-6H3/t21-,26+/m1/s1. The third-order valence-corrected chi connectivity index (χ3v) is 6.41. The molecule has 0 bridgehead atoms. The molecule has 0 radical (unpaired) electrons. The molecule has 0 aliphatic heterocycles. The van der Waals surface area contributed by atoms with Crippen LogP contribution in [0.5, 0.6) is 5.75 Å². The molecule has 1 heterocycles. The van der Waals surface area contributed by atoms with Gasteiger partial charge in [-0.2, -0.15) is 0 Å². The van der Waals surface area contributed by atoms with E-state index in [4.69, 9.17) is 21.3 Å². The van der Waals surface area contributed by atoms with E-state index in [2.05, 4.69) is 55.8 Å². The Labute approximate surface area is 214 Å². The molecular weight excluding hydrogens is 460 g/mol. The van der Waals surface area contributed by atoms with Gasteiger partial charge in [-0.1, -0.05) is 62.7 Å². The molecule has 0 spiro atoms. The normalized spacial score (nSPS) is 13.8. The summed E-state index contributed by atoms with van der Waals surface area (Å²) in [5, 5.41) is 21.0. The van der Waals surface area contributed by atoms with Crippen LogP contribution in [-0.4, -0.2) is 32.5 Å². The minimum absolute atomic E-state index is 0.0166. The van der Waals surface area contributed by atoms with E-state index < -0.39 is 6.10 Å². The van der Waals surface area contributed by atoms with Crippen LogP contribution in [0, 0.1) is 5.92 Å². The van der Waals surface area contributed by atoms with E-state index in [1.165, 1.54) is 5.56 Å². The van der Waals surface area contributed by atoms with E-state index in [1.807, 2.05) is 33.0 Å². The second-order valence-corrected chi connectivity index (χ2v) is 11.1. The van der Waals surface area contributed by atoms with Gasteiger partial charge in [0.15, 0.2) is 0 Å². The van der Waals surface area contributed by atoms with Crippen LogP contribution in [0.4, 0.5) is 0 Å². The highest BCUT2D eigenvalue weighted by Gasteiger charge is 2.21. The Morgan fingerprint density at radius 2 is 1.77 bits per heavy atom. The molecule has 2 aromatic carbocycles. The van der Waals surface area contributed by atoms with E-state index in [0.717, 1.165) is 29.1 Å². The zero-order valence-electron chi connectivity index (χ0n) is 21.8. The maximum atomic E-state index is 10.9. The fraction of sp³-hybridized carbons (Fsp3) is 0.483. The first-order chi connectivity index (χ1) is 16.5. The summed E-state index contributed by atoms with van der Waals surface area (Å²) in [6.45, 7) is 10.5. The van der Waals surface area contributed by atoms with Gasteiger partial charge in [-0.15, -0.1) is 0 Å². The van der Waals surface area contributed by atoms with Crippen LogP contribution in [0.3, 0.4) is 0 Å². The van der Waals surface area contributed by atoms with Gasteiger partial charge in [0.2, 0.25) is 0 Å². The van der Waals surface area contributed by atoms with E-state index >= 15 is 0 Å². The van der Waals surface area contributed by atoms with Gasteiger partial charge in [0, 0.05) is 30.8 Å². The van der Waals surface area contributed by atoms with Crippen molar-refractivity contribution >= 4 is 11.6 Å². The first kappa shape index (κ1) is 27.3. The highest BCUT2D eigenvalue weighted by atomic mass is 35.5. The van der Waals surface area contributed by atoms with Gasteiger partial charge < -0.3 is 19.5 Å². The smallest absolute Gasteiger partial charge is 0.138 e. The predicted octanol–water partition coefficient (Wildman–Crippen LogP) is 6.49. The fourth-order valence-corrected chi connectivity index (χ4v) is 4.69. The summed E-state index contributed by atoms with van der Waals surface area (Å²) in [5.74, 6) is 1.80. The van der Waals surface area contributed by atoms with Crippen LogP contribution in [0.25, 0.3) is 11.3 Å². The van der Waals surface area contributed by atoms with Gasteiger partial charge in [-0.05, 0) is 62.3 Å². The molecule has 0 saturated carbocycles. The Kier molecular flexibility index (Phi) is 9.03. The summed E-state index contributed by atoms with van der Waals surface area (Å²) in [6, 6.07) is 13.9. The molecule has 2 atom stereocenters. The van der Waals surface area contributed by atoms with Crippen molar-refractivity contribution in [3.63, 3.8) is 0 Å². The summed E-state index contributed by atoms with van der Waals surface area (Å²) in [7, 11) is 2.04. The summed E-state index contributed by atoms with van der Waals surface area (Å²) in [4.78, 5) is 4.85. The summed E-state index contributed by atoms with van der Waals surface area (Å²) < 4.78 is 7.78. The lowest BCUT2D eigenvalue weighted by atomic mass is 9.88. The molecule has 0 saturated heterocycles. The van der Waals surface area contributed by atoms with Crippen molar-refractivity contribution in [2.45, 2.75) is 71.5 Å². The molecule has 6 heteroatoms. The van der Waals surface area contributed by atoms with Gasteiger partial charge in [-0.25, -0.2) is 4.98 Å². The summed E-state index contributed by atoms with van der Waals surface area (Å²) in [5.41, 5.74) is 3.96.